The Morgan fingerprint density at radius 2 is 1.85 bits per heavy atom. The van der Waals surface area contributed by atoms with Gasteiger partial charge in [-0.05, 0) is 18.3 Å². The highest BCUT2D eigenvalue weighted by atomic mass is 16.1. The maximum atomic E-state index is 12.3. The van der Waals surface area contributed by atoms with Crippen molar-refractivity contribution in [3.8, 4) is 0 Å². The van der Waals surface area contributed by atoms with E-state index in [-0.39, 0.29) is 11.3 Å². The van der Waals surface area contributed by atoms with E-state index in [0.717, 1.165) is 0 Å². The number of ketones is 1. The summed E-state index contributed by atoms with van der Waals surface area (Å²) in [6.07, 6.45) is 4.90. The first-order chi connectivity index (χ1) is 9.58. The number of nitrogens with zero attached hydrogens (tertiary/aromatic N) is 1. The molecular weight excluding hydrogens is 252 g/mol. The normalized spacial score (nSPS) is 10.7. The molecule has 0 bridgehead atoms. The summed E-state index contributed by atoms with van der Waals surface area (Å²) in [5, 5.41) is 0. The van der Waals surface area contributed by atoms with Gasteiger partial charge in [-0.1, -0.05) is 30.3 Å². The van der Waals surface area contributed by atoms with Gasteiger partial charge in [-0.3, -0.25) is 9.59 Å². The number of carbonyl (C=O) groups is 1. The number of hydrogen-bond acceptors (Lipinski definition) is 3. The fraction of sp³-hybridized carbons (Fsp3) is 0.125. The lowest BCUT2D eigenvalue weighted by Gasteiger charge is -2.04. The van der Waals surface area contributed by atoms with Gasteiger partial charge in [0.15, 0.2) is 5.78 Å². The molecule has 0 amide bonds. The maximum Gasteiger partial charge on any atom is 0.255 e. The van der Waals surface area contributed by atoms with Crippen LogP contribution in [0.15, 0.2) is 53.6 Å². The lowest BCUT2D eigenvalue weighted by Crippen LogP contribution is -2.13. The first kappa shape index (κ1) is 13.8. The minimum atomic E-state index is -0.215. The molecule has 1 heterocycles. The van der Waals surface area contributed by atoms with Crippen molar-refractivity contribution in [1.29, 1.82) is 0 Å². The third-order valence-corrected chi connectivity index (χ3v) is 2.78. The molecule has 2 rings (SSSR count). The maximum absolute atomic E-state index is 12.3. The number of pyridine rings is 1. The van der Waals surface area contributed by atoms with Gasteiger partial charge in [0, 0.05) is 37.0 Å². The van der Waals surface area contributed by atoms with Gasteiger partial charge < -0.3 is 9.88 Å². The largest absolute Gasteiger partial charge is 0.383 e. The number of aromatic amines is 1. The molecule has 0 saturated heterocycles. The summed E-state index contributed by atoms with van der Waals surface area (Å²) in [4.78, 5) is 28.4. The van der Waals surface area contributed by atoms with Crippen LogP contribution in [-0.4, -0.2) is 29.8 Å². The van der Waals surface area contributed by atoms with E-state index < -0.39 is 0 Å². The lowest BCUT2D eigenvalue weighted by atomic mass is 10.0. The van der Waals surface area contributed by atoms with E-state index in [1.807, 2.05) is 37.2 Å². The Morgan fingerprint density at radius 1 is 1.15 bits per heavy atom. The van der Waals surface area contributed by atoms with Gasteiger partial charge in [-0.2, -0.15) is 0 Å². The van der Waals surface area contributed by atoms with E-state index in [1.165, 1.54) is 6.20 Å². The van der Waals surface area contributed by atoms with Crippen LogP contribution in [-0.2, 0) is 0 Å². The van der Waals surface area contributed by atoms with Gasteiger partial charge in [0.1, 0.15) is 0 Å². The highest BCUT2D eigenvalue weighted by Crippen LogP contribution is 2.09. The molecule has 0 aliphatic rings. The van der Waals surface area contributed by atoms with E-state index in [2.05, 4.69) is 4.98 Å². The van der Waals surface area contributed by atoms with Crippen molar-refractivity contribution >= 4 is 11.9 Å². The van der Waals surface area contributed by atoms with Crippen LogP contribution in [0.4, 0.5) is 0 Å². The lowest BCUT2D eigenvalue weighted by molar-refractivity contribution is 0.103. The zero-order valence-corrected chi connectivity index (χ0v) is 11.5. The summed E-state index contributed by atoms with van der Waals surface area (Å²) < 4.78 is 0. The molecule has 0 radical (unpaired) electrons. The number of aromatic nitrogens is 1. The van der Waals surface area contributed by atoms with E-state index in [4.69, 9.17) is 0 Å². The summed E-state index contributed by atoms with van der Waals surface area (Å²) in [5.41, 5.74) is 1.31. The standard InChI is InChI=1S/C16H16N2O2/c1-18(2)9-8-13-10-14(11-17-16(13)20)15(19)12-6-4-3-5-7-12/h3-11H,1-2H3,(H,17,20). The third kappa shape index (κ3) is 3.23. The molecule has 4 heteroatoms. The summed E-state index contributed by atoms with van der Waals surface area (Å²) in [7, 11) is 3.73. The first-order valence-corrected chi connectivity index (χ1v) is 6.25. The Balaban J connectivity index is 2.37. The van der Waals surface area contributed by atoms with Gasteiger partial charge >= 0.3 is 0 Å². The third-order valence-electron chi connectivity index (χ3n) is 2.78. The zero-order valence-electron chi connectivity index (χ0n) is 11.5. The molecule has 0 atom stereocenters. The van der Waals surface area contributed by atoms with E-state index in [9.17, 15) is 9.59 Å². The molecule has 4 nitrogen and oxygen atoms in total. The molecule has 0 aliphatic heterocycles. The Morgan fingerprint density at radius 3 is 2.50 bits per heavy atom. The molecule has 2 aromatic rings. The highest BCUT2D eigenvalue weighted by Gasteiger charge is 2.10. The highest BCUT2D eigenvalue weighted by molar-refractivity contribution is 6.08. The van der Waals surface area contributed by atoms with Crippen molar-refractivity contribution in [2.45, 2.75) is 0 Å². The second-order valence-corrected chi connectivity index (χ2v) is 4.65. The van der Waals surface area contributed by atoms with Crippen LogP contribution in [0.1, 0.15) is 21.5 Å². The van der Waals surface area contributed by atoms with Crippen LogP contribution in [0.3, 0.4) is 0 Å². The van der Waals surface area contributed by atoms with Gasteiger partial charge in [0.05, 0.1) is 0 Å². The fourth-order valence-corrected chi connectivity index (χ4v) is 1.74. The van der Waals surface area contributed by atoms with Crippen LogP contribution in [0.25, 0.3) is 6.08 Å². The van der Waals surface area contributed by atoms with E-state index in [1.54, 1.807) is 30.5 Å². The number of hydrogen-bond donors (Lipinski definition) is 1. The molecule has 0 spiro atoms. The number of nitrogens with one attached hydrogen (secondary N) is 1. The zero-order chi connectivity index (χ0) is 14.5. The van der Waals surface area contributed by atoms with Crippen molar-refractivity contribution in [3.63, 3.8) is 0 Å². The second-order valence-electron chi connectivity index (χ2n) is 4.65. The van der Waals surface area contributed by atoms with Crippen molar-refractivity contribution < 1.29 is 4.79 Å². The van der Waals surface area contributed by atoms with E-state index >= 15 is 0 Å². The Labute approximate surface area is 117 Å². The van der Waals surface area contributed by atoms with Crippen molar-refractivity contribution in [1.82, 2.24) is 9.88 Å². The fourth-order valence-electron chi connectivity index (χ4n) is 1.74. The Hall–Kier alpha value is -2.62. The minimum absolute atomic E-state index is 0.110. The summed E-state index contributed by atoms with van der Waals surface area (Å²) in [6, 6.07) is 10.6. The average molecular weight is 268 g/mol. The van der Waals surface area contributed by atoms with Gasteiger partial charge in [0.25, 0.3) is 5.56 Å². The molecule has 1 N–H and O–H groups in total. The van der Waals surface area contributed by atoms with Gasteiger partial charge in [-0.25, -0.2) is 0 Å². The quantitative estimate of drug-likeness (QED) is 0.864. The van der Waals surface area contributed by atoms with Crippen LogP contribution < -0.4 is 5.56 Å². The summed E-state index contributed by atoms with van der Waals surface area (Å²) in [5.74, 6) is -0.110. The Kier molecular flexibility index (Phi) is 4.15. The van der Waals surface area contributed by atoms with Crippen molar-refractivity contribution in [2.24, 2.45) is 0 Å². The molecule has 0 fully saturated rings. The van der Waals surface area contributed by atoms with Crippen molar-refractivity contribution in [2.75, 3.05) is 14.1 Å². The Bertz CT molecular complexity index is 685. The number of H-pyrrole nitrogens is 1. The average Bonchev–Trinajstić information content (AvgIpc) is 2.46. The molecule has 0 saturated carbocycles. The smallest absolute Gasteiger partial charge is 0.255 e. The van der Waals surface area contributed by atoms with Gasteiger partial charge in [-0.15, -0.1) is 0 Å². The minimum Gasteiger partial charge on any atom is -0.383 e. The number of carbonyl (C=O) groups excluding carboxylic acids is 1. The molecule has 0 unspecified atom stereocenters. The molecular formula is C16H16N2O2. The first-order valence-electron chi connectivity index (χ1n) is 6.25. The summed E-state index contributed by atoms with van der Waals surface area (Å²) >= 11 is 0. The number of benzene rings is 1. The SMILES string of the molecule is CN(C)C=Cc1cc(C(=O)c2ccccc2)c[nH]c1=O. The van der Waals surface area contributed by atoms with Gasteiger partial charge in [0.2, 0.25) is 0 Å². The predicted molar refractivity (Wildman–Crippen MR) is 79.7 cm³/mol. The predicted octanol–water partition coefficient (Wildman–Crippen LogP) is 2.14. The summed E-state index contributed by atoms with van der Waals surface area (Å²) in [6.45, 7) is 0. The van der Waals surface area contributed by atoms with Crippen LogP contribution in [0, 0.1) is 0 Å². The monoisotopic (exact) mass is 268 g/mol. The van der Waals surface area contributed by atoms with Crippen LogP contribution in [0.5, 0.6) is 0 Å². The second kappa shape index (κ2) is 6.02. The molecule has 1 aromatic heterocycles. The van der Waals surface area contributed by atoms with Crippen LogP contribution in [0.2, 0.25) is 0 Å². The molecule has 102 valence electrons. The topological polar surface area (TPSA) is 53.2 Å². The van der Waals surface area contributed by atoms with E-state index in [0.29, 0.717) is 16.7 Å². The van der Waals surface area contributed by atoms with Crippen LogP contribution >= 0.6 is 0 Å². The number of rotatable bonds is 4. The molecule has 1 aromatic carbocycles. The molecule has 20 heavy (non-hydrogen) atoms. The molecule has 0 aliphatic carbocycles. The van der Waals surface area contributed by atoms with Crippen molar-refractivity contribution in [3.05, 3.63) is 75.8 Å².